The number of carbonyl (C=O) groups is 2. The molecule has 0 saturated heterocycles. The smallest absolute Gasteiger partial charge is 0.299 e. The van der Waals surface area contributed by atoms with Gasteiger partial charge in [-0.2, -0.15) is 0 Å². The van der Waals surface area contributed by atoms with Crippen LogP contribution in [0.1, 0.15) is 41.3 Å². The molecular weight excluding hydrogens is 262 g/mol. The highest BCUT2D eigenvalue weighted by Crippen LogP contribution is 2.30. The molecule has 1 aliphatic heterocycles. The minimum absolute atomic E-state index is 0.411. The molecule has 1 amide bonds. The van der Waals surface area contributed by atoms with Gasteiger partial charge in [0.25, 0.3) is 11.7 Å². The van der Waals surface area contributed by atoms with Crippen LogP contribution in [0.25, 0.3) is 0 Å². The van der Waals surface area contributed by atoms with Gasteiger partial charge in [0.2, 0.25) is 0 Å². The third kappa shape index (κ3) is 2.35. The van der Waals surface area contributed by atoms with Gasteiger partial charge in [0.1, 0.15) is 0 Å². The first-order valence-electron chi connectivity index (χ1n) is 7.12. The Bertz CT molecular complexity index is 719. The molecule has 1 aliphatic rings. The number of hydrogen-bond donors (Lipinski definition) is 0. The standard InChI is InChI=1S/C18H17NO2/c1-12(2)14-7-5-6-13(10-14)11-19-16-9-4-3-8-15(16)17(20)18(19)21/h3-10,12H,11H2,1-2H3. The van der Waals surface area contributed by atoms with Crippen LogP contribution in [0, 0.1) is 0 Å². The summed E-state index contributed by atoms with van der Waals surface area (Å²) >= 11 is 0. The first-order valence-corrected chi connectivity index (χ1v) is 7.12. The average Bonchev–Trinajstić information content (AvgIpc) is 2.73. The van der Waals surface area contributed by atoms with Crippen LogP contribution in [-0.2, 0) is 11.3 Å². The molecule has 2 aromatic carbocycles. The first-order chi connectivity index (χ1) is 10.1. The summed E-state index contributed by atoms with van der Waals surface area (Å²) in [5, 5.41) is 0. The number of amides is 1. The molecule has 0 radical (unpaired) electrons. The van der Waals surface area contributed by atoms with Crippen LogP contribution in [0.3, 0.4) is 0 Å². The highest BCUT2D eigenvalue weighted by atomic mass is 16.2. The number of fused-ring (bicyclic) bond motifs is 1. The predicted molar refractivity (Wildman–Crippen MR) is 82.5 cm³/mol. The second-order valence-corrected chi connectivity index (χ2v) is 5.64. The molecule has 0 aromatic heterocycles. The molecule has 21 heavy (non-hydrogen) atoms. The van der Waals surface area contributed by atoms with Crippen molar-refractivity contribution in [3.63, 3.8) is 0 Å². The zero-order chi connectivity index (χ0) is 15.0. The molecule has 0 atom stereocenters. The van der Waals surface area contributed by atoms with Crippen LogP contribution in [0.5, 0.6) is 0 Å². The van der Waals surface area contributed by atoms with E-state index in [2.05, 4.69) is 26.0 Å². The minimum atomic E-state index is -0.439. The maximum absolute atomic E-state index is 12.2. The number of anilines is 1. The van der Waals surface area contributed by atoms with Crippen LogP contribution < -0.4 is 4.90 Å². The van der Waals surface area contributed by atoms with E-state index >= 15 is 0 Å². The summed E-state index contributed by atoms with van der Waals surface area (Å²) in [4.78, 5) is 25.7. The van der Waals surface area contributed by atoms with Gasteiger partial charge in [-0.15, -0.1) is 0 Å². The van der Waals surface area contributed by atoms with Gasteiger partial charge in [-0.3, -0.25) is 9.59 Å². The van der Waals surface area contributed by atoms with E-state index in [1.54, 1.807) is 17.0 Å². The van der Waals surface area contributed by atoms with Crippen molar-refractivity contribution in [1.82, 2.24) is 0 Å². The fraction of sp³-hybridized carbons (Fsp3) is 0.222. The van der Waals surface area contributed by atoms with E-state index in [0.29, 0.717) is 23.7 Å². The van der Waals surface area contributed by atoms with Crippen LogP contribution in [0.15, 0.2) is 48.5 Å². The molecule has 0 N–H and O–H groups in total. The summed E-state index contributed by atoms with van der Waals surface area (Å²) in [6.45, 7) is 4.71. The predicted octanol–water partition coefficient (Wildman–Crippen LogP) is 3.54. The van der Waals surface area contributed by atoms with Gasteiger partial charge >= 0.3 is 0 Å². The molecule has 0 bridgehead atoms. The number of hydrogen-bond acceptors (Lipinski definition) is 2. The number of ketones is 1. The van der Waals surface area contributed by atoms with Crippen molar-refractivity contribution >= 4 is 17.4 Å². The van der Waals surface area contributed by atoms with Gasteiger partial charge in [0.15, 0.2) is 0 Å². The monoisotopic (exact) mass is 279 g/mol. The van der Waals surface area contributed by atoms with E-state index in [0.717, 1.165) is 5.56 Å². The SMILES string of the molecule is CC(C)c1cccc(CN2C(=O)C(=O)c3ccccc32)c1. The van der Waals surface area contributed by atoms with Crippen LogP contribution in [0.4, 0.5) is 5.69 Å². The van der Waals surface area contributed by atoms with Gasteiger partial charge in [-0.25, -0.2) is 0 Å². The summed E-state index contributed by atoms with van der Waals surface area (Å²) in [6.07, 6.45) is 0. The van der Waals surface area contributed by atoms with Crippen LogP contribution in [-0.4, -0.2) is 11.7 Å². The lowest BCUT2D eigenvalue weighted by Gasteiger charge is -2.17. The quantitative estimate of drug-likeness (QED) is 0.806. The highest BCUT2D eigenvalue weighted by molar-refractivity contribution is 6.52. The van der Waals surface area contributed by atoms with Crippen molar-refractivity contribution in [3.05, 3.63) is 65.2 Å². The molecule has 3 heteroatoms. The molecular formula is C18H17NO2. The fourth-order valence-electron chi connectivity index (χ4n) is 2.64. The lowest BCUT2D eigenvalue weighted by molar-refractivity contribution is -0.114. The molecule has 0 spiro atoms. The molecule has 2 aromatic rings. The molecule has 0 fully saturated rings. The number of nitrogens with zero attached hydrogens (tertiary/aromatic N) is 1. The highest BCUT2D eigenvalue weighted by Gasteiger charge is 2.35. The normalized spacial score (nSPS) is 14.0. The number of Topliss-reactive ketones (excluding diaryl/α,β-unsaturated/α-hetero) is 1. The van der Waals surface area contributed by atoms with Gasteiger partial charge < -0.3 is 4.90 Å². The lowest BCUT2D eigenvalue weighted by atomic mass is 10.0. The van der Waals surface area contributed by atoms with Crippen LogP contribution >= 0.6 is 0 Å². The molecule has 1 heterocycles. The van der Waals surface area contributed by atoms with Gasteiger partial charge in [0.05, 0.1) is 17.8 Å². The third-order valence-corrected chi connectivity index (χ3v) is 3.84. The number of benzene rings is 2. The van der Waals surface area contributed by atoms with Crippen LogP contribution in [0.2, 0.25) is 0 Å². The summed E-state index contributed by atoms with van der Waals surface area (Å²) in [7, 11) is 0. The summed E-state index contributed by atoms with van der Waals surface area (Å²) < 4.78 is 0. The third-order valence-electron chi connectivity index (χ3n) is 3.84. The number of para-hydroxylation sites is 1. The second kappa shape index (κ2) is 5.17. The Labute approximate surface area is 124 Å². The molecule has 0 unspecified atom stereocenters. The Hall–Kier alpha value is -2.42. The summed E-state index contributed by atoms with van der Waals surface area (Å²) in [5.41, 5.74) is 3.49. The van der Waals surface area contributed by atoms with E-state index in [-0.39, 0.29) is 0 Å². The van der Waals surface area contributed by atoms with Gasteiger partial charge in [-0.1, -0.05) is 50.2 Å². The molecule has 0 aliphatic carbocycles. The Balaban J connectivity index is 1.94. The number of rotatable bonds is 3. The zero-order valence-corrected chi connectivity index (χ0v) is 12.2. The van der Waals surface area contributed by atoms with Crippen molar-refractivity contribution in [3.8, 4) is 0 Å². The average molecular weight is 279 g/mol. The topological polar surface area (TPSA) is 37.4 Å². The van der Waals surface area contributed by atoms with E-state index in [4.69, 9.17) is 0 Å². The Morgan fingerprint density at radius 3 is 2.52 bits per heavy atom. The van der Waals surface area contributed by atoms with E-state index < -0.39 is 11.7 Å². The minimum Gasteiger partial charge on any atom is -0.300 e. The van der Waals surface area contributed by atoms with Crippen molar-refractivity contribution < 1.29 is 9.59 Å². The Morgan fingerprint density at radius 2 is 1.76 bits per heavy atom. The van der Waals surface area contributed by atoms with E-state index in [1.807, 2.05) is 24.3 Å². The second-order valence-electron chi connectivity index (χ2n) is 5.64. The number of carbonyl (C=O) groups excluding carboxylic acids is 2. The summed E-state index contributed by atoms with van der Waals surface area (Å²) in [6, 6.07) is 15.3. The molecule has 3 rings (SSSR count). The Morgan fingerprint density at radius 1 is 1.00 bits per heavy atom. The molecule has 3 nitrogen and oxygen atoms in total. The van der Waals surface area contributed by atoms with Gasteiger partial charge in [-0.05, 0) is 29.2 Å². The largest absolute Gasteiger partial charge is 0.300 e. The maximum atomic E-state index is 12.2. The Kier molecular flexibility index (Phi) is 3.34. The molecule has 0 saturated carbocycles. The first kappa shape index (κ1) is 13.6. The van der Waals surface area contributed by atoms with Crippen molar-refractivity contribution in [2.75, 3.05) is 4.90 Å². The zero-order valence-electron chi connectivity index (χ0n) is 12.2. The van der Waals surface area contributed by atoms with Gasteiger partial charge in [0, 0.05) is 0 Å². The van der Waals surface area contributed by atoms with E-state index in [1.165, 1.54) is 5.56 Å². The van der Waals surface area contributed by atoms with Crippen molar-refractivity contribution in [1.29, 1.82) is 0 Å². The maximum Gasteiger partial charge on any atom is 0.299 e. The van der Waals surface area contributed by atoms with Crippen molar-refractivity contribution in [2.45, 2.75) is 26.3 Å². The lowest BCUT2D eigenvalue weighted by Crippen LogP contribution is -2.29. The molecule has 106 valence electrons. The summed E-state index contributed by atoms with van der Waals surface area (Å²) in [5.74, 6) is -0.412. The van der Waals surface area contributed by atoms with Crippen molar-refractivity contribution in [2.24, 2.45) is 0 Å². The fourth-order valence-corrected chi connectivity index (χ4v) is 2.64. The van der Waals surface area contributed by atoms with E-state index in [9.17, 15) is 9.59 Å².